The van der Waals surface area contributed by atoms with E-state index in [9.17, 15) is 0 Å². The summed E-state index contributed by atoms with van der Waals surface area (Å²) in [6.07, 6.45) is 0. The molecule has 0 aliphatic rings. The molecule has 1 aromatic heterocycles. The first-order chi connectivity index (χ1) is 9.24. The van der Waals surface area contributed by atoms with Gasteiger partial charge < -0.3 is 19.7 Å². The smallest absolute Gasteiger partial charge is 0.257 e. The number of nitrogens with zero attached hydrogens (tertiary/aromatic N) is 2. The Kier molecular flexibility index (Phi) is 4.48. The molecule has 1 aromatic carbocycles. The highest BCUT2D eigenvalue weighted by Crippen LogP contribution is 2.21. The average Bonchev–Trinajstić information content (AvgIpc) is 2.90. The van der Waals surface area contributed by atoms with Gasteiger partial charge in [-0.3, -0.25) is 0 Å². The summed E-state index contributed by atoms with van der Waals surface area (Å²) in [6.45, 7) is 2.92. The molecule has 2 rings (SSSR count). The van der Waals surface area contributed by atoms with Crippen molar-refractivity contribution in [2.75, 3.05) is 20.3 Å². The lowest BCUT2D eigenvalue weighted by Crippen LogP contribution is -2.17. The van der Waals surface area contributed by atoms with Crippen LogP contribution in [0, 0.1) is 0 Å². The van der Waals surface area contributed by atoms with E-state index < -0.39 is 0 Å². The molecule has 6 heteroatoms. The minimum absolute atomic E-state index is 0.349. The van der Waals surface area contributed by atoms with Crippen molar-refractivity contribution in [3.8, 4) is 17.2 Å². The predicted molar refractivity (Wildman–Crippen MR) is 69.7 cm³/mol. The molecule has 0 saturated carbocycles. The molecule has 2 aromatic rings. The molecule has 0 saturated heterocycles. The fourth-order valence-corrected chi connectivity index (χ4v) is 1.62. The number of methoxy groups -OCH3 is 1. The number of nitrogens with two attached hydrogens (primary N) is 1. The maximum atomic E-state index is 5.83. The molecule has 0 bridgehead atoms. The number of aromatic nitrogens is 2. The van der Waals surface area contributed by atoms with Crippen molar-refractivity contribution < 1.29 is 14.0 Å². The molecule has 0 spiro atoms. The van der Waals surface area contributed by atoms with Gasteiger partial charge in [0.15, 0.2) is 5.82 Å². The third kappa shape index (κ3) is 3.30. The molecule has 1 heterocycles. The zero-order valence-corrected chi connectivity index (χ0v) is 11.0. The van der Waals surface area contributed by atoms with E-state index in [1.165, 1.54) is 0 Å². The van der Waals surface area contributed by atoms with Crippen LogP contribution >= 0.6 is 0 Å². The van der Waals surface area contributed by atoms with Crippen molar-refractivity contribution in [1.29, 1.82) is 0 Å². The molecular weight excluding hydrogens is 246 g/mol. The quantitative estimate of drug-likeness (QED) is 0.855. The van der Waals surface area contributed by atoms with Crippen LogP contribution in [-0.4, -0.2) is 30.5 Å². The highest BCUT2D eigenvalue weighted by Gasteiger charge is 2.15. The summed E-state index contributed by atoms with van der Waals surface area (Å²) in [6, 6.07) is 7.06. The van der Waals surface area contributed by atoms with E-state index in [2.05, 4.69) is 10.1 Å². The highest BCUT2D eigenvalue weighted by atomic mass is 16.5. The number of ether oxygens (including phenoxy) is 2. The lowest BCUT2D eigenvalue weighted by molar-refractivity contribution is 0.177. The summed E-state index contributed by atoms with van der Waals surface area (Å²) in [5, 5.41) is 3.85. The van der Waals surface area contributed by atoms with E-state index >= 15 is 0 Å². The first kappa shape index (κ1) is 13.5. The third-order valence-electron chi connectivity index (χ3n) is 2.53. The van der Waals surface area contributed by atoms with Crippen LogP contribution in [0.25, 0.3) is 11.5 Å². The van der Waals surface area contributed by atoms with Crippen molar-refractivity contribution in [1.82, 2.24) is 10.1 Å². The second-order valence-electron chi connectivity index (χ2n) is 3.98. The van der Waals surface area contributed by atoms with Crippen molar-refractivity contribution in [3.05, 3.63) is 30.1 Å². The highest BCUT2D eigenvalue weighted by molar-refractivity contribution is 5.54. The van der Waals surface area contributed by atoms with Crippen LogP contribution in [0.1, 0.15) is 18.8 Å². The van der Waals surface area contributed by atoms with Gasteiger partial charge in [0.25, 0.3) is 5.89 Å². The van der Waals surface area contributed by atoms with Gasteiger partial charge in [-0.1, -0.05) is 5.16 Å². The Labute approximate surface area is 111 Å². The van der Waals surface area contributed by atoms with E-state index in [4.69, 9.17) is 19.7 Å². The Morgan fingerprint density at radius 1 is 1.32 bits per heavy atom. The number of hydrogen-bond acceptors (Lipinski definition) is 6. The monoisotopic (exact) mass is 263 g/mol. The Bertz CT molecular complexity index is 510. The summed E-state index contributed by atoms with van der Waals surface area (Å²) >= 11 is 0. The Balaban J connectivity index is 2.13. The Morgan fingerprint density at radius 3 is 2.68 bits per heavy atom. The lowest BCUT2D eigenvalue weighted by atomic mass is 10.2. The minimum Gasteiger partial charge on any atom is -0.494 e. The van der Waals surface area contributed by atoms with Crippen LogP contribution in [0.5, 0.6) is 5.75 Å². The van der Waals surface area contributed by atoms with Gasteiger partial charge in [-0.25, -0.2) is 0 Å². The average molecular weight is 263 g/mol. The standard InChI is InChI=1S/C13H17N3O3/c1-3-18-10-6-4-9(5-7-10)13-15-12(16-19-13)11(14)8-17-2/h4-7,11H,3,8,14H2,1-2H3. The SMILES string of the molecule is CCOc1ccc(-c2nc(C(N)COC)no2)cc1. The maximum absolute atomic E-state index is 5.83. The molecule has 102 valence electrons. The van der Waals surface area contributed by atoms with Gasteiger partial charge in [0.2, 0.25) is 0 Å². The number of hydrogen-bond donors (Lipinski definition) is 1. The molecule has 0 fully saturated rings. The van der Waals surface area contributed by atoms with E-state index in [0.29, 0.717) is 24.9 Å². The molecule has 19 heavy (non-hydrogen) atoms. The Morgan fingerprint density at radius 2 is 2.05 bits per heavy atom. The molecule has 1 unspecified atom stereocenters. The summed E-state index contributed by atoms with van der Waals surface area (Å²) < 4.78 is 15.5. The number of rotatable bonds is 6. The summed E-state index contributed by atoms with van der Waals surface area (Å²) in [4.78, 5) is 4.25. The van der Waals surface area contributed by atoms with Crippen LogP contribution in [0.15, 0.2) is 28.8 Å². The molecule has 2 N–H and O–H groups in total. The third-order valence-corrected chi connectivity index (χ3v) is 2.53. The lowest BCUT2D eigenvalue weighted by Gasteiger charge is -2.03. The minimum atomic E-state index is -0.384. The van der Waals surface area contributed by atoms with Gasteiger partial charge in [0.1, 0.15) is 5.75 Å². The summed E-state index contributed by atoms with van der Waals surface area (Å²) in [5.74, 6) is 1.68. The zero-order valence-electron chi connectivity index (χ0n) is 11.0. The van der Waals surface area contributed by atoms with E-state index in [-0.39, 0.29) is 6.04 Å². The van der Waals surface area contributed by atoms with Crippen molar-refractivity contribution >= 4 is 0 Å². The van der Waals surface area contributed by atoms with Gasteiger partial charge in [-0.2, -0.15) is 4.98 Å². The fourth-order valence-electron chi connectivity index (χ4n) is 1.62. The zero-order chi connectivity index (χ0) is 13.7. The van der Waals surface area contributed by atoms with Crippen molar-refractivity contribution in [2.24, 2.45) is 5.73 Å². The largest absolute Gasteiger partial charge is 0.494 e. The van der Waals surface area contributed by atoms with Crippen LogP contribution in [-0.2, 0) is 4.74 Å². The van der Waals surface area contributed by atoms with Crippen LogP contribution in [0.3, 0.4) is 0 Å². The second kappa shape index (κ2) is 6.31. The normalized spacial score (nSPS) is 12.4. The van der Waals surface area contributed by atoms with Crippen LogP contribution in [0.4, 0.5) is 0 Å². The van der Waals surface area contributed by atoms with Gasteiger partial charge in [-0.05, 0) is 31.2 Å². The first-order valence-electron chi connectivity index (χ1n) is 6.06. The van der Waals surface area contributed by atoms with Gasteiger partial charge >= 0.3 is 0 Å². The summed E-state index contributed by atoms with van der Waals surface area (Å²) in [5.41, 5.74) is 6.66. The second-order valence-corrected chi connectivity index (χ2v) is 3.98. The van der Waals surface area contributed by atoms with E-state index in [0.717, 1.165) is 11.3 Å². The fraction of sp³-hybridized carbons (Fsp3) is 0.385. The first-order valence-corrected chi connectivity index (χ1v) is 6.06. The van der Waals surface area contributed by atoms with Gasteiger partial charge in [-0.15, -0.1) is 0 Å². The molecule has 1 atom stereocenters. The van der Waals surface area contributed by atoms with Gasteiger partial charge in [0.05, 0.1) is 19.3 Å². The molecule has 0 aliphatic carbocycles. The predicted octanol–water partition coefficient (Wildman–Crippen LogP) is 1.78. The van der Waals surface area contributed by atoms with Gasteiger partial charge in [0, 0.05) is 12.7 Å². The Hall–Kier alpha value is -1.92. The van der Waals surface area contributed by atoms with Crippen LogP contribution < -0.4 is 10.5 Å². The van der Waals surface area contributed by atoms with Crippen LogP contribution in [0.2, 0.25) is 0 Å². The maximum Gasteiger partial charge on any atom is 0.257 e. The molecular formula is C13H17N3O3. The summed E-state index contributed by atoms with van der Waals surface area (Å²) in [7, 11) is 1.58. The van der Waals surface area contributed by atoms with E-state index in [1.807, 2.05) is 31.2 Å². The molecule has 0 radical (unpaired) electrons. The van der Waals surface area contributed by atoms with Crippen molar-refractivity contribution in [3.63, 3.8) is 0 Å². The topological polar surface area (TPSA) is 83.4 Å². The molecule has 6 nitrogen and oxygen atoms in total. The molecule has 0 amide bonds. The molecule has 0 aliphatic heterocycles. The van der Waals surface area contributed by atoms with Crippen molar-refractivity contribution in [2.45, 2.75) is 13.0 Å². The van der Waals surface area contributed by atoms with E-state index in [1.54, 1.807) is 7.11 Å². The number of benzene rings is 1.